The third kappa shape index (κ3) is 4.48. The maximum Gasteiger partial charge on any atom is 0.269 e. The highest BCUT2D eigenvalue weighted by molar-refractivity contribution is 7.15. The molecule has 0 spiro atoms. The van der Waals surface area contributed by atoms with Gasteiger partial charge in [-0.05, 0) is 45.1 Å². The number of nitro groups is 1. The molecule has 0 N–H and O–H groups in total. The minimum atomic E-state index is -0.326. The van der Waals surface area contributed by atoms with Crippen molar-refractivity contribution < 1.29 is 4.92 Å². The molecule has 37 heavy (non-hydrogen) atoms. The second-order valence-corrected chi connectivity index (χ2v) is 11.2. The molecule has 9 nitrogen and oxygen atoms in total. The zero-order valence-corrected chi connectivity index (χ0v) is 22.1. The minimum absolute atomic E-state index is 0.160. The maximum atomic E-state index is 11.1. The molecule has 10 heteroatoms. The number of fused-ring (bicyclic) bond motifs is 3. The van der Waals surface area contributed by atoms with E-state index in [0.717, 1.165) is 85.2 Å². The van der Waals surface area contributed by atoms with E-state index in [2.05, 4.69) is 28.2 Å². The third-order valence-electron chi connectivity index (χ3n) is 7.72. The molecule has 1 aromatic carbocycles. The molecule has 0 aliphatic carbocycles. The van der Waals surface area contributed by atoms with Crippen LogP contribution in [0.15, 0.2) is 30.6 Å². The van der Waals surface area contributed by atoms with Crippen LogP contribution in [0, 0.1) is 24.0 Å². The fourth-order valence-corrected chi connectivity index (χ4v) is 6.59. The number of hydrogen-bond acceptors (Lipinski definition) is 8. The van der Waals surface area contributed by atoms with Gasteiger partial charge in [-0.15, -0.1) is 11.3 Å². The number of aromatic nitrogens is 4. The first-order valence-electron chi connectivity index (χ1n) is 13.0. The molecule has 0 unspecified atom stereocenters. The molecule has 2 aliphatic rings. The molecule has 1 saturated heterocycles. The van der Waals surface area contributed by atoms with E-state index in [1.54, 1.807) is 35.9 Å². The molecule has 0 saturated carbocycles. The van der Waals surface area contributed by atoms with Crippen LogP contribution in [0.25, 0.3) is 21.6 Å². The van der Waals surface area contributed by atoms with E-state index in [4.69, 9.17) is 15.0 Å². The summed E-state index contributed by atoms with van der Waals surface area (Å²) < 4.78 is 2.46. The predicted octanol–water partition coefficient (Wildman–Crippen LogP) is 4.78. The van der Waals surface area contributed by atoms with Gasteiger partial charge in [-0.25, -0.2) is 15.0 Å². The van der Waals surface area contributed by atoms with E-state index < -0.39 is 0 Å². The van der Waals surface area contributed by atoms with E-state index in [1.807, 2.05) is 6.07 Å². The van der Waals surface area contributed by atoms with E-state index >= 15 is 0 Å². The van der Waals surface area contributed by atoms with Crippen LogP contribution in [0.1, 0.15) is 34.7 Å². The van der Waals surface area contributed by atoms with Gasteiger partial charge in [0, 0.05) is 62.0 Å². The molecule has 0 radical (unpaired) electrons. The van der Waals surface area contributed by atoms with Gasteiger partial charge in [0.15, 0.2) is 5.82 Å². The normalized spacial score (nSPS) is 16.3. The molecule has 1 fully saturated rings. The van der Waals surface area contributed by atoms with Crippen molar-refractivity contribution in [2.24, 2.45) is 0 Å². The minimum Gasteiger partial charge on any atom is -0.352 e. The standard InChI is InChI=1S/C27H31N7O2S/c1-18-19(2)37-27(30-18)23-22-8-3-4-10-33(22)25-24(23)28-17-29-26(25)32-14-12-31(13-15-32)11-9-20-6-5-7-21(16-20)34(35)36/h5-7,16-17H,3-4,8-15H2,1-2H3. The Labute approximate surface area is 219 Å². The summed E-state index contributed by atoms with van der Waals surface area (Å²) in [6.07, 6.45) is 5.94. The Morgan fingerprint density at radius 1 is 1.08 bits per heavy atom. The number of rotatable bonds is 6. The number of nitrogens with zero attached hydrogens (tertiary/aromatic N) is 7. The number of nitro benzene ring substituents is 1. The summed E-state index contributed by atoms with van der Waals surface area (Å²) in [6, 6.07) is 6.98. The second kappa shape index (κ2) is 9.83. The summed E-state index contributed by atoms with van der Waals surface area (Å²) in [6.45, 7) is 9.77. The van der Waals surface area contributed by atoms with Crippen molar-refractivity contribution in [1.82, 2.24) is 24.4 Å². The molecule has 2 aliphatic heterocycles. The van der Waals surface area contributed by atoms with Crippen molar-refractivity contribution >= 4 is 33.9 Å². The van der Waals surface area contributed by atoms with Gasteiger partial charge in [0.2, 0.25) is 0 Å². The summed E-state index contributed by atoms with van der Waals surface area (Å²) in [5.74, 6) is 1.03. The van der Waals surface area contributed by atoms with Gasteiger partial charge in [0.1, 0.15) is 22.4 Å². The van der Waals surface area contributed by atoms with Gasteiger partial charge >= 0.3 is 0 Å². The second-order valence-electron chi connectivity index (χ2n) is 9.99. The van der Waals surface area contributed by atoms with Gasteiger partial charge in [0.05, 0.1) is 16.2 Å². The zero-order chi connectivity index (χ0) is 25.5. The Morgan fingerprint density at radius 3 is 2.68 bits per heavy atom. The largest absolute Gasteiger partial charge is 0.352 e. The molecule has 0 bridgehead atoms. The quantitative estimate of drug-likeness (QED) is 0.268. The van der Waals surface area contributed by atoms with Crippen LogP contribution in [-0.4, -0.2) is 62.1 Å². The van der Waals surface area contributed by atoms with Gasteiger partial charge < -0.3 is 9.47 Å². The highest BCUT2D eigenvalue weighted by atomic mass is 32.1. The van der Waals surface area contributed by atoms with Gasteiger partial charge in [0.25, 0.3) is 5.69 Å². The monoisotopic (exact) mass is 517 g/mol. The zero-order valence-electron chi connectivity index (χ0n) is 21.3. The van der Waals surface area contributed by atoms with Gasteiger partial charge in [-0.3, -0.25) is 15.0 Å². The van der Waals surface area contributed by atoms with Gasteiger partial charge in [-0.2, -0.15) is 0 Å². The lowest BCUT2D eigenvalue weighted by atomic mass is 10.1. The average molecular weight is 518 g/mol. The Kier molecular flexibility index (Phi) is 6.37. The molecular formula is C27H31N7O2S. The molecule has 4 aromatic rings. The van der Waals surface area contributed by atoms with Crippen molar-refractivity contribution in [3.8, 4) is 10.6 Å². The first-order chi connectivity index (χ1) is 18.0. The van der Waals surface area contributed by atoms with Crippen LogP contribution in [0.4, 0.5) is 11.5 Å². The fourth-order valence-electron chi connectivity index (χ4n) is 5.61. The van der Waals surface area contributed by atoms with Crippen LogP contribution in [0.2, 0.25) is 0 Å². The number of aryl methyl sites for hydroxylation is 3. The van der Waals surface area contributed by atoms with E-state index in [-0.39, 0.29) is 10.6 Å². The molecule has 6 rings (SSSR count). The van der Waals surface area contributed by atoms with Crippen LogP contribution in [0.5, 0.6) is 0 Å². The molecule has 192 valence electrons. The lowest BCUT2D eigenvalue weighted by Crippen LogP contribution is -2.47. The SMILES string of the molecule is Cc1nc(-c2c3n(c4c(N5CCN(CCc6cccc([N+](=O)[O-])c6)CC5)ncnc24)CCCC3)sc1C. The number of hydrogen-bond donors (Lipinski definition) is 0. The summed E-state index contributed by atoms with van der Waals surface area (Å²) in [5.41, 5.74) is 7.01. The first-order valence-corrected chi connectivity index (χ1v) is 13.8. The van der Waals surface area contributed by atoms with Crippen molar-refractivity contribution in [2.75, 3.05) is 37.6 Å². The summed E-state index contributed by atoms with van der Waals surface area (Å²) in [4.78, 5) is 31.4. The predicted molar refractivity (Wildman–Crippen MR) is 147 cm³/mol. The Morgan fingerprint density at radius 2 is 1.92 bits per heavy atom. The van der Waals surface area contributed by atoms with E-state index in [9.17, 15) is 10.1 Å². The van der Waals surface area contributed by atoms with Crippen LogP contribution >= 0.6 is 11.3 Å². The van der Waals surface area contributed by atoms with Crippen molar-refractivity contribution in [2.45, 2.75) is 46.1 Å². The average Bonchev–Trinajstić information content (AvgIpc) is 3.43. The summed E-state index contributed by atoms with van der Waals surface area (Å²) >= 11 is 1.77. The van der Waals surface area contributed by atoms with Crippen LogP contribution in [0.3, 0.4) is 0 Å². The van der Waals surface area contributed by atoms with Crippen molar-refractivity contribution in [3.63, 3.8) is 0 Å². The number of benzene rings is 1. The maximum absolute atomic E-state index is 11.1. The van der Waals surface area contributed by atoms with Gasteiger partial charge in [-0.1, -0.05) is 12.1 Å². The first kappa shape index (κ1) is 24.0. The smallest absolute Gasteiger partial charge is 0.269 e. The summed E-state index contributed by atoms with van der Waals surface area (Å²) in [7, 11) is 0. The summed E-state index contributed by atoms with van der Waals surface area (Å²) in [5, 5.41) is 12.2. The molecule has 0 atom stereocenters. The number of anilines is 1. The van der Waals surface area contributed by atoms with E-state index in [0.29, 0.717) is 0 Å². The number of non-ortho nitro benzene ring substituents is 1. The molecular weight excluding hydrogens is 486 g/mol. The van der Waals surface area contributed by atoms with Crippen molar-refractivity contribution in [3.05, 3.63) is 62.5 Å². The fraction of sp³-hybridized carbons (Fsp3) is 0.444. The van der Waals surface area contributed by atoms with Crippen LogP contribution in [-0.2, 0) is 19.4 Å². The Hall–Kier alpha value is -3.37. The molecule has 5 heterocycles. The van der Waals surface area contributed by atoms with Crippen LogP contribution < -0.4 is 4.90 Å². The Balaban J connectivity index is 1.23. The Bertz CT molecular complexity index is 1450. The highest BCUT2D eigenvalue weighted by Crippen LogP contribution is 2.41. The number of thiazole rings is 1. The third-order valence-corrected chi connectivity index (χ3v) is 8.81. The molecule has 0 amide bonds. The number of piperazine rings is 1. The topological polar surface area (TPSA) is 93.2 Å². The van der Waals surface area contributed by atoms with Crippen molar-refractivity contribution in [1.29, 1.82) is 0 Å². The lowest BCUT2D eigenvalue weighted by molar-refractivity contribution is -0.384. The highest BCUT2D eigenvalue weighted by Gasteiger charge is 2.29. The lowest BCUT2D eigenvalue weighted by Gasteiger charge is -2.35. The molecule has 3 aromatic heterocycles. The van der Waals surface area contributed by atoms with E-state index in [1.165, 1.54) is 29.0 Å².